The lowest BCUT2D eigenvalue weighted by Gasteiger charge is -2.13. The Hall–Kier alpha value is -3.49. The largest absolute Gasteiger partial charge is 0.383 e. The van der Waals surface area contributed by atoms with E-state index in [1.54, 1.807) is 36.4 Å². The van der Waals surface area contributed by atoms with Gasteiger partial charge in [-0.15, -0.1) is 0 Å². The molecule has 3 rings (SSSR count). The molecule has 0 aliphatic carbocycles. The minimum absolute atomic E-state index is 0.190. The normalized spacial score (nSPS) is 11.6. The summed E-state index contributed by atoms with van der Waals surface area (Å²) in [5.41, 5.74) is 0.203. The number of hydrogen-bond donors (Lipinski definition) is 3. The first-order valence-corrected chi connectivity index (χ1v) is 9.23. The second-order valence-corrected chi connectivity index (χ2v) is 6.77. The average Bonchev–Trinajstić information content (AvgIpc) is 2.71. The molecule has 0 unspecified atom stereocenters. The van der Waals surface area contributed by atoms with Crippen LogP contribution in [0.5, 0.6) is 0 Å². The van der Waals surface area contributed by atoms with Crippen LogP contribution in [0.15, 0.2) is 71.7 Å². The van der Waals surface area contributed by atoms with Crippen molar-refractivity contribution in [2.24, 2.45) is 0 Å². The molecule has 7 nitrogen and oxygen atoms in total. The SMILES string of the molecule is O=C(C[C@@H](O)C(=O)Nc1ccc(-n2ccccc2=O)cc1F)Nc1ccc(Cl)cc1. The van der Waals surface area contributed by atoms with Crippen LogP contribution in [0.2, 0.25) is 5.02 Å². The fourth-order valence-electron chi connectivity index (χ4n) is 2.63. The van der Waals surface area contributed by atoms with Crippen molar-refractivity contribution in [2.45, 2.75) is 12.5 Å². The highest BCUT2D eigenvalue weighted by Gasteiger charge is 2.20. The number of amides is 2. The van der Waals surface area contributed by atoms with Gasteiger partial charge in [0.2, 0.25) is 5.91 Å². The number of aliphatic hydroxyl groups is 1. The maximum Gasteiger partial charge on any atom is 0.255 e. The van der Waals surface area contributed by atoms with E-state index in [9.17, 15) is 23.9 Å². The molecule has 0 bridgehead atoms. The molecule has 0 radical (unpaired) electrons. The van der Waals surface area contributed by atoms with Gasteiger partial charge in [-0.1, -0.05) is 17.7 Å². The van der Waals surface area contributed by atoms with Gasteiger partial charge in [0.15, 0.2) is 0 Å². The number of carbonyl (C=O) groups excluding carboxylic acids is 2. The first-order chi connectivity index (χ1) is 14.3. The molecule has 2 aromatic carbocycles. The Kier molecular flexibility index (Phi) is 6.61. The van der Waals surface area contributed by atoms with Gasteiger partial charge in [0.25, 0.3) is 11.5 Å². The monoisotopic (exact) mass is 429 g/mol. The Morgan fingerprint density at radius 1 is 1.07 bits per heavy atom. The van der Waals surface area contributed by atoms with Gasteiger partial charge in [0.05, 0.1) is 17.8 Å². The molecule has 0 saturated heterocycles. The van der Waals surface area contributed by atoms with E-state index in [-0.39, 0.29) is 16.9 Å². The molecule has 30 heavy (non-hydrogen) atoms. The molecule has 9 heteroatoms. The fraction of sp³-hybridized carbons (Fsp3) is 0.0952. The van der Waals surface area contributed by atoms with Crippen LogP contribution < -0.4 is 16.2 Å². The van der Waals surface area contributed by atoms with E-state index in [1.165, 1.54) is 29.0 Å². The zero-order valence-corrected chi connectivity index (χ0v) is 16.3. The number of nitrogens with one attached hydrogen (secondary N) is 2. The number of halogens is 2. The van der Waals surface area contributed by atoms with Gasteiger partial charge in [-0.25, -0.2) is 4.39 Å². The number of anilines is 2. The Balaban J connectivity index is 1.62. The molecule has 154 valence electrons. The fourth-order valence-corrected chi connectivity index (χ4v) is 2.75. The number of benzene rings is 2. The van der Waals surface area contributed by atoms with Crippen molar-refractivity contribution in [3.05, 3.63) is 88.1 Å². The van der Waals surface area contributed by atoms with E-state index in [0.717, 1.165) is 6.07 Å². The number of aliphatic hydroxyl groups excluding tert-OH is 1. The first-order valence-electron chi connectivity index (χ1n) is 8.85. The van der Waals surface area contributed by atoms with E-state index in [2.05, 4.69) is 10.6 Å². The standard InChI is InChI=1S/C21H17ClFN3O4/c22-13-4-6-14(7-5-13)24-19(28)12-18(27)21(30)25-17-9-8-15(11-16(17)23)26-10-2-1-3-20(26)29/h1-11,18,27H,12H2,(H,24,28)(H,25,30)/t18-/m1/s1. The van der Waals surface area contributed by atoms with Crippen LogP contribution in [0, 0.1) is 5.82 Å². The van der Waals surface area contributed by atoms with Gasteiger partial charge in [0, 0.05) is 29.0 Å². The van der Waals surface area contributed by atoms with Crippen molar-refractivity contribution in [1.82, 2.24) is 4.57 Å². The lowest BCUT2D eigenvalue weighted by Crippen LogP contribution is -2.32. The van der Waals surface area contributed by atoms with Crippen LogP contribution in [0.4, 0.5) is 15.8 Å². The summed E-state index contributed by atoms with van der Waals surface area (Å²) < 4.78 is 15.6. The van der Waals surface area contributed by atoms with Crippen molar-refractivity contribution in [3.8, 4) is 5.69 Å². The van der Waals surface area contributed by atoms with E-state index in [1.807, 2.05) is 0 Å². The molecular weight excluding hydrogens is 413 g/mol. The van der Waals surface area contributed by atoms with E-state index in [4.69, 9.17) is 11.6 Å². The lowest BCUT2D eigenvalue weighted by atomic mass is 10.2. The summed E-state index contributed by atoms with van der Waals surface area (Å²) in [5.74, 6) is -2.33. The molecule has 3 N–H and O–H groups in total. The van der Waals surface area contributed by atoms with Gasteiger partial charge >= 0.3 is 0 Å². The van der Waals surface area contributed by atoms with Gasteiger partial charge < -0.3 is 15.7 Å². The van der Waals surface area contributed by atoms with E-state index in [0.29, 0.717) is 10.7 Å². The average molecular weight is 430 g/mol. The van der Waals surface area contributed by atoms with Crippen LogP contribution in [-0.4, -0.2) is 27.6 Å². The Bertz CT molecular complexity index is 1130. The molecule has 2 amide bonds. The van der Waals surface area contributed by atoms with Crippen molar-refractivity contribution in [2.75, 3.05) is 10.6 Å². The summed E-state index contributed by atoms with van der Waals surface area (Å²) in [6.45, 7) is 0. The minimum atomic E-state index is -1.69. The van der Waals surface area contributed by atoms with Gasteiger partial charge in [-0.05, 0) is 42.5 Å². The third-order valence-corrected chi connectivity index (χ3v) is 4.37. The Labute approximate surface area is 175 Å². The molecule has 0 saturated carbocycles. The summed E-state index contributed by atoms with van der Waals surface area (Å²) in [7, 11) is 0. The quantitative estimate of drug-likeness (QED) is 0.560. The highest BCUT2D eigenvalue weighted by Crippen LogP contribution is 2.18. The maximum atomic E-state index is 14.4. The van der Waals surface area contributed by atoms with Crippen LogP contribution >= 0.6 is 11.6 Å². The van der Waals surface area contributed by atoms with Crippen LogP contribution in [0.3, 0.4) is 0 Å². The number of nitrogens with zero attached hydrogens (tertiary/aromatic N) is 1. The molecule has 0 aliphatic heterocycles. The van der Waals surface area contributed by atoms with Gasteiger partial charge in [0.1, 0.15) is 11.9 Å². The highest BCUT2D eigenvalue weighted by molar-refractivity contribution is 6.30. The molecule has 0 fully saturated rings. The number of pyridine rings is 1. The second kappa shape index (κ2) is 9.34. The summed E-state index contributed by atoms with van der Waals surface area (Å²) in [5, 5.41) is 15.2. The van der Waals surface area contributed by atoms with Crippen LogP contribution in [-0.2, 0) is 9.59 Å². The summed E-state index contributed by atoms with van der Waals surface area (Å²) >= 11 is 5.76. The van der Waals surface area contributed by atoms with Gasteiger partial charge in [-0.2, -0.15) is 0 Å². The predicted octanol–water partition coefficient (Wildman–Crippen LogP) is 2.96. The molecule has 1 heterocycles. The Morgan fingerprint density at radius 2 is 1.80 bits per heavy atom. The van der Waals surface area contributed by atoms with Crippen molar-refractivity contribution in [3.63, 3.8) is 0 Å². The number of rotatable bonds is 6. The number of carbonyl (C=O) groups is 2. The first kappa shape index (κ1) is 21.2. The maximum absolute atomic E-state index is 14.4. The summed E-state index contributed by atoms with van der Waals surface area (Å²) in [4.78, 5) is 35.9. The minimum Gasteiger partial charge on any atom is -0.383 e. The zero-order chi connectivity index (χ0) is 21.7. The third kappa shape index (κ3) is 5.31. The Morgan fingerprint density at radius 3 is 2.47 bits per heavy atom. The predicted molar refractivity (Wildman–Crippen MR) is 111 cm³/mol. The molecule has 0 spiro atoms. The van der Waals surface area contributed by atoms with Crippen molar-refractivity contribution < 1.29 is 19.1 Å². The molecule has 1 atom stereocenters. The van der Waals surface area contributed by atoms with Crippen LogP contribution in [0.25, 0.3) is 5.69 Å². The molecule has 3 aromatic rings. The molecule has 0 aliphatic rings. The van der Waals surface area contributed by atoms with Crippen LogP contribution in [0.1, 0.15) is 6.42 Å². The topological polar surface area (TPSA) is 100 Å². The molecule has 1 aromatic heterocycles. The number of hydrogen-bond acceptors (Lipinski definition) is 4. The van der Waals surface area contributed by atoms with Crippen molar-refractivity contribution in [1.29, 1.82) is 0 Å². The lowest BCUT2D eigenvalue weighted by molar-refractivity contribution is -0.128. The zero-order valence-electron chi connectivity index (χ0n) is 15.5. The smallest absolute Gasteiger partial charge is 0.255 e. The summed E-state index contributed by atoms with van der Waals surface area (Å²) in [6.07, 6.45) is -0.723. The second-order valence-electron chi connectivity index (χ2n) is 6.34. The van der Waals surface area contributed by atoms with E-state index < -0.39 is 30.2 Å². The summed E-state index contributed by atoms with van der Waals surface area (Å²) in [6, 6.07) is 14.6. The third-order valence-electron chi connectivity index (χ3n) is 4.12. The number of aromatic nitrogens is 1. The van der Waals surface area contributed by atoms with Gasteiger partial charge in [-0.3, -0.25) is 19.0 Å². The molecular formula is C21H17ClFN3O4. The highest BCUT2D eigenvalue weighted by atomic mass is 35.5. The van der Waals surface area contributed by atoms with Crippen molar-refractivity contribution >= 4 is 34.8 Å². The van der Waals surface area contributed by atoms with E-state index >= 15 is 0 Å².